The molecule has 0 spiro atoms. The van der Waals surface area contributed by atoms with Crippen molar-refractivity contribution >= 4 is 23.9 Å². The van der Waals surface area contributed by atoms with E-state index in [0.29, 0.717) is 11.3 Å². The summed E-state index contributed by atoms with van der Waals surface area (Å²) in [6.07, 6.45) is -0.787. The smallest absolute Gasteiger partial charge is 0.329 e. The lowest BCUT2D eigenvalue weighted by Gasteiger charge is -2.38. The zero-order chi connectivity index (χ0) is 25.5. The van der Waals surface area contributed by atoms with Crippen molar-refractivity contribution in [2.24, 2.45) is 5.41 Å². The molecule has 1 aliphatic rings. The zero-order valence-electron chi connectivity index (χ0n) is 19.7. The van der Waals surface area contributed by atoms with E-state index in [0.717, 1.165) is 14.2 Å². The van der Waals surface area contributed by atoms with Gasteiger partial charge in [-0.15, -0.1) is 0 Å². The highest BCUT2D eigenvalue weighted by Crippen LogP contribution is 2.55. The molecule has 1 fully saturated rings. The molecule has 1 N–H and O–H groups in total. The minimum absolute atomic E-state index is 0.00642. The van der Waals surface area contributed by atoms with E-state index >= 15 is 0 Å². The maximum absolute atomic E-state index is 13.5. The lowest BCUT2D eigenvalue weighted by Crippen LogP contribution is -2.63. The number of nitriles is 1. The first-order valence-electron chi connectivity index (χ1n) is 10.5. The van der Waals surface area contributed by atoms with Gasteiger partial charge in [-0.2, -0.15) is 5.26 Å². The molecule has 0 unspecified atom stereocenters. The van der Waals surface area contributed by atoms with Crippen LogP contribution in [0.15, 0.2) is 24.3 Å². The molecule has 0 aliphatic carbocycles. The summed E-state index contributed by atoms with van der Waals surface area (Å²) < 4.78 is 25.3. The predicted molar refractivity (Wildman–Crippen MR) is 115 cm³/mol. The van der Waals surface area contributed by atoms with E-state index in [-0.39, 0.29) is 13.2 Å². The number of ether oxygens (including phenoxy) is 5. The van der Waals surface area contributed by atoms with Gasteiger partial charge in [-0.25, -0.2) is 4.79 Å². The van der Waals surface area contributed by atoms with Crippen molar-refractivity contribution < 1.29 is 42.9 Å². The molecule has 0 amide bonds. The number of carbonyl (C=O) groups is 4. The van der Waals surface area contributed by atoms with Gasteiger partial charge < -0.3 is 23.7 Å². The lowest BCUT2D eigenvalue weighted by molar-refractivity contribution is -0.169. The van der Waals surface area contributed by atoms with E-state index in [1.807, 2.05) is 6.07 Å². The zero-order valence-corrected chi connectivity index (χ0v) is 19.7. The first kappa shape index (κ1) is 26.6. The highest BCUT2D eigenvalue weighted by molar-refractivity contribution is 6.01. The van der Waals surface area contributed by atoms with Crippen LogP contribution in [0.1, 0.15) is 31.7 Å². The molecule has 1 heterocycles. The molecule has 0 aromatic heterocycles. The number of nitrogens with one attached hydrogen (secondary N) is 1. The number of nitrogens with zero attached hydrogens (tertiary/aromatic N) is 1. The third-order valence-corrected chi connectivity index (χ3v) is 5.84. The maximum atomic E-state index is 13.5. The van der Waals surface area contributed by atoms with E-state index in [9.17, 15) is 24.4 Å². The van der Waals surface area contributed by atoms with Crippen molar-refractivity contribution in [2.45, 2.75) is 37.8 Å². The second-order valence-electron chi connectivity index (χ2n) is 7.41. The topological polar surface area (TPSA) is 150 Å². The second-order valence-corrected chi connectivity index (χ2v) is 7.41. The van der Waals surface area contributed by atoms with Crippen molar-refractivity contribution in [1.82, 2.24) is 5.32 Å². The van der Waals surface area contributed by atoms with Crippen molar-refractivity contribution in [2.75, 3.05) is 34.5 Å². The van der Waals surface area contributed by atoms with Crippen LogP contribution in [0.2, 0.25) is 0 Å². The highest BCUT2D eigenvalue weighted by Gasteiger charge is 2.76. The summed E-state index contributed by atoms with van der Waals surface area (Å²) in [6, 6.07) is 6.77. The lowest BCUT2D eigenvalue weighted by atomic mass is 9.61. The van der Waals surface area contributed by atoms with Crippen molar-refractivity contribution in [3.63, 3.8) is 0 Å². The third kappa shape index (κ3) is 4.28. The molecular weight excluding hydrogens is 448 g/mol. The number of methoxy groups -OCH3 is 3. The van der Waals surface area contributed by atoms with Gasteiger partial charge in [0, 0.05) is 5.92 Å². The molecule has 2 rings (SSSR count). The molecule has 0 bridgehead atoms. The highest BCUT2D eigenvalue weighted by atomic mass is 16.5. The van der Waals surface area contributed by atoms with Crippen LogP contribution in [-0.2, 0) is 38.1 Å². The molecule has 1 aromatic carbocycles. The summed E-state index contributed by atoms with van der Waals surface area (Å²) in [5.74, 6) is -4.78. The minimum Gasteiger partial charge on any atom is -0.497 e. The Morgan fingerprint density at radius 1 is 0.971 bits per heavy atom. The number of carbonyl (C=O) groups excluding carboxylic acids is 4. The van der Waals surface area contributed by atoms with Crippen LogP contribution in [0, 0.1) is 16.7 Å². The largest absolute Gasteiger partial charge is 0.497 e. The molecule has 34 heavy (non-hydrogen) atoms. The number of hydrogen-bond acceptors (Lipinski definition) is 11. The second kappa shape index (κ2) is 11.0. The Bertz CT molecular complexity index is 972. The van der Waals surface area contributed by atoms with E-state index < -0.39 is 53.2 Å². The van der Waals surface area contributed by atoms with Crippen LogP contribution in [0.25, 0.3) is 0 Å². The maximum Gasteiger partial charge on any atom is 0.329 e. The summed E-state index contributed by atoms with van der Waals surface area (Å²) in [6.45, 7) is 2.97. The minimum atomic E-state index is -2.41. The van der Waals surface area contributed by atoms with Gasteiger partial charge in [-0.1, -0.05) is 12.1 Å². The average Bonchev–Trinajstić information content (AvgIpc) is 3.15. The molecule has 1 aromatic rings. The van der Waals surface area contributed by atoms with Gasteiger partial charge in [0.25, 0.3) is 0 Å². The van der Waals surface area contributed by atoms with Crippen molar-refractivity contribution in [1.29, 1.82) is 5.26 Å². The van der Waals surface area contributed by atoms with Crippen molar-refractivity contribution in [3.05, 3.63) is 29.8 Å². The first-order chi connectivity index (χ1) is 16.2. The van der Waals surface area contributed by atoms with E-state index in [1.54, 1.807) is 31.2 Å². The van der Waals surface area contributed by atoms with Gasteiger partial charge in [-0.05, 0) is 31.5 Å². The summed E-state index contributed by atoms with van der Waals surface area (Å²) in [5, 5.41) is 13.3. The van der Waals surface area contributed by atoms with Crippen LogP contribution in [0.3, 0.4) is 0 Å². The van der Waals surface area contributed by atoms with Crippen LogP contribution in [0.4, 0.5) is 0 Å². The molecule has 0 saturated carbocycles. The Kier molecular flexibility index (Phi) is 8.59. The summed E-state index contributed by atoms with van der Waals surface area (Å²) >= 11 is 0. The third-order valence-electron chi connectivity index (χ3n) is 5.84. The molecule has 11 heteroatoms. The SMILES string of the molecule is CCOC(=O)[C@@H]1N[C@@](CC(=O)OC)(C(=O)OC)[C@](C#N)(C(=O)OCC)[C@H]1c1ccc(OC)cc1. The van der Waals surface area contributed by atoms with E-state index in [4.69, 9.17) is 23.7 Å². The van der Waals surface area contributed by atoms with Crippen LogP contribution in [-0.4, -0.2) is 70.0 Å². The van der Waals surface area contributed by atoms with Gasteiger partial charge in [0.1, 0.15) is 11.8 Å². The molecule has 1 aliphatic heterocycles. The Balaban J connectivity index is 2.94. The number of benzene rings is 1. The molecule has 11 nitrogen and oxygen atoms in total. The number of rotatable bonds is 9. The Morgan fingerprint density at radius 3 is 2.06 bits per heavy atom. The fourth-order valence-corrected chi connectivity index (χ4v) is 4.36. The van der Waals surface area contributed by atoms with Crippen LogP contribution < -0.4 is 10.1 Å². The Labute approximate surface area is 197 Å². The monoisotopic (exact) mass is 476 g/mol. The van der Waals surface area contributed by atoms with Crippen molar-refractivity contribution in [3.8, 4) is 11.8 Å². The number of esters is 4. The van der Waals surface area contributed by atoms with Gasteiger partial charge in [0.2, 0.25) is 0 Å². The van der Waals surface area contributed by atoms with Crippen LogP contribution >= 0.6 is 0 Å². The van der Waals surface area contributed by atoms with E-state index in [1.165, 1.54) is 14.0 Å². The quantitative estimate of drug-likeness (QED) is 0.399. The molecular formula is C23H28N2O9. The fourth-order valence-electron chi connectivity index (χ4n) is 4.36. The molecule has 184 valence electrons. The summed E-state index contributed by atoms with van der Waals surface area (Å²) in [4.78, 5) is 52.3. The molecule has 1 saturated heterocycles. The number of hydrogen-bond donors (Lipinski definition) is 1. The Morgan fingerprint density at radius 2 is 1.59 bits per heavy atom. The van der Waals surface area contributed by atoms with Gasteiger partial charge in [0.15, 0.2) is 11.0 Å². The van der Waals surface area contributed by atoms with Crippen LogP contribution in [0.5, 0.6) is 5.75 Å². The Hall–Kier alpha value is -3.65. The predicted octanol–water partition coefficient (Wildman–Crippen LogP) is 0.862. The van der Waals surface area contributed by atoms with Gasteiger partial charge >= 0.3 is 23.9 Å². The molecule has 4 atom stereocenters. The average molecular weight is 476 g/mol. The fraction of sp³-hybridized carbons (Fsp3) is 0.522. The first-order valence-corrected chi connectivity index (χ1v) is 10.5. The summed E-state index contributed by atoms with van der Waals surface area (Å²) in [7, 11) is 3.59. The molecule has 0 radical (unpaired) electrons. The normalized spacial score (nSPS) is 25.5. The van der Waals surface area contributed by atoms with E-state index in [2.05, 4.69) is 5.32 Å². The standard InChI is InChI=1S/C23H28N2O9/c1-6-33-19(27)18-17(14-8-10-15(30-3)11-9-14)22(13-24,20(28)34-7-2)23(25-18,21(29)32-5)12-16(26)31-4/h8-11,17-18,25H,6-7,12H2,1-5H3/t17-,18+,22-,23-/m0/s1. The summed E-state index contributed by atoms with van der Waals surface area (Å²) in [5.41, 5.74) is -4.40. The van der Waals surface area contributed by atoms with Gasteiger partial charge in [-0.3, -0.25) is 19.7 Å². The van der Waals surface area contributed by atoms with Gasteiger partial charge in [0.05, 0.1) is 47.0 Å².